The zero-order valence-electron chi connectivity index (χ0n) is 6.60. The summed E-state index contributed by atoms with van der Waals surface area (Å²) >= 11 is 0. The molecule has 1 unspecified atom stereocenters. The van der Waals surface area contributed by atoms with E-state index in [0.29, 0.717) is 0 Å². The van der Waals surface area contributed by atoms with Crippen LogP contribution < -0.4 is 0 Å². The molecule has 0 N–H and O–H groups in total. The number of hydrogen-bond donors (Lipinski definition) is 0. The van der Waals surface area contributed by atoms with Crippen molar-refractivity contribution in [3.05, 3.63) is 0 Å². The van der Waals surface area contributed by atoms with Gasteiger partial charge in [0, 0.05) is 13.0 Å². The van der Waals surface area contributed by atoms with Crippen LogP contribution in [0.25, 0.3) is 0 Å². The molecular weight excluding hydrogens is 126 g/mol. The van der Waals surface area contributed by atoms with Crippen LogP contribution in [0.3, 0.4) is 0 Å². The van der Waals surface area contributed by atoms with E-state index in [0.717, 1.165) is 6.61 Å². The number of nitrogens with zero attached hydrogens (tertiary/aromatic N) is 1. The maximum absolute atomic E-state index is 5.60. The lowest BCUT2D eigenvalue weighted by Gasteiger charge is -2.51. The molecule has 1 spiro atoms. The smallest absolute Gasteiger partial charge is 0.123 e. The molecule has 0 radical (unpaired) electrons. The molecule has 2 heterocycles. The Morgan fingerprint density at radius 1 is 1.30 bits per heavy atom. The summed E-state index contributed by atoms with van der Waals surface area (Å²) in [7, 11) is 2.18. The van der Waals surface area contributed by atoms with Gasteiger partial charge in [0.25, 0.3) is 0 Å². The van der Waals surface area contributed by atoms with Crippen LogP contribution in [0.1, 0.15) is 25.7 Å². The van der Waals surface area contributed by atoms with E-state index in [2.05, 4.69) is 11.9 Å². The molecule has 2 heteroatoms. The van der Waals surface area contributed by atoms with Crippen molar-refractivity contribution in [2.75, 3.05) is 20.2 Å². The fourth-order valence-corrected chi connectivity index (χ4v) is 1.98. The highest BCUT2D eigenvalue weighted by molar-refractivity contribution is 4.88. The van der Waals surface area contributed by atoms with Crippen molar-refractivity contribution < 1.29 is 4.74 Å². The number of rotatable bonds is 0. The van der Waals surface area contributed by atoms with E-state index in [1.807, 2.05) is 0 Å². The molecule has 0 aliphatic carbocycles. The number of likely N-dealkylation sites (tertiary alicyclic amines) is 1. The van der Waals surface area contributed by atoms with Crippen molar-refractivity contribution in [3.63, 3.8) is 0 Å². The maximum Gasteiger partial charge on any atom is 0.123 e. The van der Waals surface area contributed by atoms with E-state index in [4.69, 9.17) is 4.74 Å². The summed E-state index contributed by atoms with van der Waals surface area (Å²) in [6.07, 6.45) is 5.21. The Balaban J connectivity index is 2.03. The third-order valence-corrected chi connectivity index (χ3v) is 2.87. The molecule has 0 aromatic heterocycles. The van der Waals surface area contributed by atoms with E-state index in [9.17, 15) is 0 Å². The SMILES string of the molecule is CN1CCCCC12CCO2. The summed E-state index contributed by atoms with van der Waals surface area (Å²) in [5.41, 5.74) is 0.193. The first-order valence-corrected chi connectivity index (χ1v) is 4.19. The van der Waals surface area contributed by atoms with Crippen LogP contribution in [0.4, 0.5) is 0 Å². The van der Waals surface area contributed by atoms with Gasteiger partial charge in [-0.1, -0.05) is 0 Å². The van der Waals surface area contributed by atoms with Gasteiger partial charge in [-0.05, 0) is 26.3 Å². The molecule has 0 amide bonds. The zero-order valence-corrected chi connectivity index (χ0v) is 6.60. The fraction of sp³-hybridized carbons (Fsp3) is 1.00. The minimum atomic E-state index is 0.193. The summed E-state index contributed by atoms with van der Waals surface area (Å²) in [6, 6.07) is 0. The van der Waals surface area contributed by atoms with Crippen molar-refractivity contribution in [2.45, 2.75) is 31.4 Å². The first kappa shape index (κ1) is 6.62. The summed E-state index contributed by atoms with van der Waals surface area (Å²) in [6.45, 7) is 2.20. The normalized spacial score (nSPS) is 41.7. The molecule has 58 valence electrons. The highest BCUT2D eigenvalue weighted by Gasteiger charge is 2.43. The number of piperidine rings is 1. The molecule has 2 fully saturated rings. The topological polar surface area (TPSA) is 12.5 Å². The van der Waals surface area contributed by atoms with Crippen LogP contribution in [0.2, 0.25) is 0 Å². The fourth-order valence-electron chi connectivity index (χ4n) is 1.98. The van der Waals surface area contributed by atoms with Crippen LogP contribution in [-0.2, 0) is 4.74 Å². The maximum atomic E-state index is 5.60. The second-order valence-electron chi connectivity index (χ2n) is 3.42. The van der Waals surface area contributed by atoms with Crippen LogP contribution >= 0.6 is 0 Å². The van der Waals surface area contributed by atoms with Gasteiger partial charge in [-0.25, -0.2) is 0 Å². The lowest BCUT2D eigenvalue weighted by Crippen LogP contribution is -2.58. The van der Waals surface area contributed by atoms with E-state index in [-0.39, 0.29) is 5.72 Å². The van der Waals surface area contributed by atoms with Gasteiger partial charge in [-0.3, -0.25) is 4.90 Å². The third-order valence-electron chi connectivity index (χ3n) is 2.87. The zero-order chi connectivity index (χ0) is 7.03. The molecule has 2 aliphatic rings. The largest absolute Gasteiger partial charge is 0.360 e. The monoisotopic (exact) mass is 141 g/mol. The van der Waals surface area contributed by atoms with Gasteiger partial charge in [-0.15, -0.1) is 0 Å². The Labute approximate surface area is 62.2 Å². The number of ether oxygens (including phenoxy) is 1. The molecule has 2 nitrogen and oxygen atoms in total. The van der Waals surface area contributed by atoms with Crippen LogP contribution in [0, 0.1) is 0 Å². The Hall–Kier alpha value is -0.0800. The molecule has 1 atom stereocenters. The molecular formula is C8H15NO. The Morgan fingerprint density at radius 2 is 2.10 bits per heavy atom. The minimum Gasteiger partial charge on any atom is -0.360 e. The lowest BCUT2D eigenvalue weighted by atomic mass is 9.92. The van der Waals surface area contributed by atoms with E-state index >= 15 is 0 Å². The summed E-state index contributed by atoms with van der Waals surface area (Å²) in [5.74, 6) is 0. The molecule has 0 aromatic carbocycles. The summed E-state index contributed by atoms with van der Waals surface area (Å²) < 4.78 is 5.60. The van der Waals surface area contributed by atoms with Gasteiger partial charge in [0.1, 0.15) is 5.72 Å². The van der Waals surface area contributed by atoms with Crippen molar-refractivity contribution in [1.82, 2.24) is 4.90 Å². The van der Waals surface area contributed by atoms with E-state index < -0.39 is 0 Å². The molecule has 2 saturated heterocycles. The molecule has 2 aliphatic heterocycles. The highest BCUT2D eigenvalue weighted by atomic mass is 16.5. The van der Waals surface area contributed by atoms with Gasteiger partial charge in [0.2, 0.25) is 0 Å². The standard InChI is InChI=1S/C8H15NO/c1-9-6-3-2-4-8(9)5-7-10-8/h2-7H2,1H3. The molecule has 0 aromatic rings. The second kappa shape index (κ2) is 2.21. The predicted molar refractivity (Wildman–Crippen MR) is 39.8 cm³/mol. The van der Waals surface area contributed by atoms with Gasteiger partial charge < -0.3 is 4.74 Å². The number of hydrogen-bond acceptors (Lipinski definition) is 2. The Bertz CT molecular complexity index is 131. The van der Waals surface area contributed by atoms with Crippen LogP contribution in [-0.4, -0.2) is 30.8 Å². The first-order chi connectivity index (χ1) is 4.83. The first-order valence-electron chi connectivity index (χ1n) is 4.19. The minimum absolute atomic E-state index is 0.193. The van der Waals surface area contributed by atoms with Crippen molar-refractivity contribution >= 4 is 0 Å². The molecule has 2 rings (SSSR count). The third kappa shape index (κ3) is 0.789. The Kier molecular flexibility index (Phi) is 1.46. The summed E-state index contributed by atoms with van der Waals surface area (Å²) in [4.78, 5) is 2.38. The Morgan fingerprint density at radius 3 is 2.50 bits per heavy atom. The van der Waals surface area contributed by atoms with Gasteiger partial charge in [0.15, 0.2) is 0 Å². The predicted octanol–water partition coefficient (Wildman–Crippen LogP) is 1.22. The van der Waals surface area contributed by atoms with Gasteiger partial charge in [0.05, 0.1) is 6.61 Å². The van der Waals surface area contributed by atoms with Crippen molar-refractivity contribution in [3.8, 4) is 0 Å². The molecule has 10 heavy (non-hydrogen) atoms. The van der Waals surface area contributed by atoms with Crippen LogP contribution in [0.5, 0.6) is 0 Å². The van der Waals surface area contributed by atoms with E-state index in [1.165, 1.54) is 32.2 Å². The molecule has 0 saturated carbocycles. The van der Waals surface area contributed by atoms with Gasteiger partial charge >= 0.3 is 0 Å². The lowest BCUT2D eigenvalue weighted by molar-refractivity contribution is -0.245. The van der Waals surface area contributed by atoms with Crippen molar-refractivity contribution in [2.24, 2.45) is 0 Å². The van der Waals surface area contributed by atoms with Crippen LogP contribution in [0.15, 0.2) is 0 Å². The average molecular weight is 141 g/mol. The van der Waals surface area contributed by atoms with Crippen molar-refractivity contribution in [1.29, 1.82) is 0 Å². The second-order valence-corrected chi connectivity index (χ2v) is 3.42. The van der Waals surface area contributed by atoms with E-state index in [1.54, 1.807) is 0 Å². The highest BCUT2D eigenvalue weighted by Crippen LogP contribution is 2.37. The quantitative estimate of drug-likeness (QED) is 0.503. The molecule has 0 bridgehead atoms. The average Bonchev–Trinajstić information content (AvgIpc) is 1.85. The van der Waals surface area contributed by atoms with Gasteiger partial charge in [-0.2, -0.15) is 0 Å². The summed E-state index contributed by atoms with van der Waals surface area (Å²) in [5, 5.41) is 0.